The molecule has 3 N–H and O–H groups in total. The van der Waals surface area contributed by atoms with Crippen molar-refractivity contribution in [2.24, 2.45) is 5.14 Å². The number of sulfonamides is 1. The number of rotatable bonds is 4. The summed E-state index contributed by atoms with van der Waals surface area (Å²) in [6.07, 6.45) is 0. The van der Waals surface area contributed by atoms with Gasteiger partial charge in [-0.25, -0.2) is 13.6 Å². The first-order valence-electron chi connectivity index (χ1n) is 6.24. The van der Waals surface area contributed by atoms with E-state index in [1.165, 1.54) is 37.3 Å². The number of Topliss-reactive ketones (excluding diaryl/α,β-unsaturated/α-hetero) is 1. The molecule has 0 atom stereocenters. The summed E-state index contributed by atoms with van der Waals surface area (Å²) in [7, 11) is -3.78. The summed E-state index contributed by atoms with van der Waals surface area (Å²) >= 11 is 0. The van der Waals surface area contributed by atoms with Gasteiger partial charge in [0.15, 0.2) is 11.2 Å². The van der Waals surface area contributed by atoms with Crippen molar-refractivity contribution in [3.8, 4) is 0 Å². The van der Waals surface area contributed by atoms with Crippen molar-refractivity contribution in [2.45, 2.75) is 18.7 Å². The number of hydrogen-bond acceptors (Lipinski definition) is 6. The Bertz CT molecular complexity index is 882. The largest absolute Gasteiger partial charge is 0.445 e. The molecule has 0 saturated carbocycles. The van der Waals surface area contributed by atoms with Crippen LogP contribution in [0.15, 0.2) is 44.4 Å². The van der Waals surface area contributed by atoms with E-state index >= 15 is 0 Å². The molecule has 0 amide bonds. The number of carbonyl (C=O) groups excluding carboxylic acids is 1. The number of nitrogens with two attached hydrogens (primary N) is 1. The van der Waals surface area contributed by atoms with Crippen molar-refractivity contribution in [1.82, 2.24) is 0 Å². The van der Waals surface area contributed by atoms with Gasteiger partial charge in [0.25, 0.3) is 0 Å². The van der Waals surface area contributed by atoms with Crippen molar-refractivity contribution in [3.05, 3.63) is 51.9 Å². The van der Waals surface area contributed by atoms with Gasteiger partial charge in [0, 0.05) is 11.8 Å². The van der Waals surface area contributed by atoms with Crippen LogP contribution in [0.5, 0.6) is 0 Å². The fraction of sp³-hybridized carbons (Fsp3) is 0.143. The van der Waals surface area contributed by atoms with Crippen molar-refractivity contribution in [3.63, 3.8) is 0 Å². The van der Waals surface area contributed by atoms with Crippen LogP contribution < -0.4 is 15.9 Å². The smallest absolute Gasteiger partial charge is 0.238 e. The minimum absolute atomic E-state index is 0.0147. The number of ketones is 1. The van der Waals surface area contributed by atoms with Crippen molar-refractivity contribution >= 4 is 27.4 Å². The molecule has 1 aromatic carbocycles. The maximum absolute atomic E-state index is 11.9. The maximum atomic E-state index is 11.9. The number of nitrogens with one attached hydrogen (secondary N) is 1. The average molecular weight is 322 g/mol. The number of primary sulfonamides is 1. The highest BCUT2D eigenvalue weighted by molar-refractivity contribution is 7.89. The predicted octanol–water partition coefficient (Wildman–Crippen LogP) is 1.54. The first kappa shape index (κ1) is 15.9. The van der Waals surface area contributed by atoms with E-state index in [4.69, 9.17) is 9.56 Å². The van der Waals surface area contributed by atoms with Crippen LogP contribution >= 0.6 is 0 Å². The van der Waals surface area contributed by atoms with Crippen molar-refractivity contribution in [2.75, 3.05) is 5.32 Å². The highest BCUT2D eigenvalue weighted by atomic mass is 32.2. The van der Waals surface area contributed by atoms with E-state index in [1.807, 2.05) is 0 Å². The summed E-state index contributed by atoms with van der Waals surface area (Å²) in [4.78, 5) is 23.4. The summed E-state index contributed by atoms with van der Waals surface area (Å²) in [6, 6.07) is 6.74. The fourth-order valence-electron chi connectivity index (χ4n) is 1.89. The molecule has 1 aromatic heterocycles. The molecule has 0 aliphatic carbocycles. The lowest BCUT2D eigenvalue weighted by Crippen LogP contribution is -2.15. The van der Waals surface area contributed by atoms with Crippen LogP contribution in [0.2, 0.25) is 0 Å². The van der Waals surface area contributed by atoms with E-state index in [0.29, 0.717) is 11.4 Å². The molecule has 0 unspecified atom stereocenters. The molecule has 0 aliphatic rings. The molecule has 0 radical (unpaired) electrons. The molecule has 0 bridgehead atoms. The first-order chi connectivity index (χ1) is 10.2. The van der Waals surface area contributed by atoms with Gasteiger partial charge in [-0.2, -0.15) is 0 Å². The molecule has 8 heteroatoms. The first-order valence-corrected chi connectivity index (χ1v) is 7.78. The van der Waals surface area contributed by atoms with E-state index < -0.39 is 21.2 Å². The van der Waals surface area contributed by atoms with Crippen LogP contribution in [0.25, 0.3) is 0 Å². The van der Waals surface area contributed by atoms with Crippen molar-refractivity contribution in [1.29, 1.82) is 0 Å². The Labute approximate surface area is 126 Å². The van der Waals surface area contributed by atoms with Crippen LogP contribution in [-0.4, -0.2) is 14.2 Å². The minimum atomic E-state index is -3.78. The van der Waals surface area contributed by atoms with Gasteiger partial charge in [-0.15, -0.1) is 0 Å². The van der Waals surface area contributed by atoms with Crippen LogP contribution in [0, 0.1) is 6.92 Å². The lowest BCUT2D eigenvalue weighted by atomic mass is 10.1. The molecule has 0 spiro atoms. The second-order valence-corrected chi connectivity index (χ2v) is 6.24. The van der Waals surface area contributed by atoms with Gasteiger partial charge in [0.1, 0.15) is 11.3 Å². The van der Waals surface area contributed by atoms with E-state index in [-0.39, 0.29) is 16.3 Å². The summed E-state index contributed by atoms with van der Waals surface area (Å²) in [5.41, 5.74) is -0.0929. The summed E-state index contributed by atoms with van der Waals surface area (Å²) in [5.74, 6) is -0.0723. The number of anilines is 2. The zero-order valence-electron chi connectivity index (χ0n) is 11.9. The van der Waals surface area contributed by atoms with Crippen LogP contribution in [0.1, 0.15) is 23.0 Å². The zero-order valence-corrected chi connectivity index (χ0v) is 12.7. The summed E-state index contributed by atoms with van der Waals surface area (Å²) < 4.78 is 27.8. The molecule has 0 fully saturated rings. The third kappa shape index (κ3) is 3.41. The second kappa shape index (κ2) is 5.74. The van der Waals surface area contributed by atoms with Gasteiger partial charge >= 0.3 is 0 Å². The number of hydrogen-bond donors (Lipinski definition) is 2. The van der Waals surface area contributed by atoms with Gasteiger partial charge in [0.05, 0.1) is 4.90 Å². The molecular weight excluding hydrogens is 308 g/mol. The monoisotopic (exact) mass is 322 g/mol. The normalized spacial score (nSPS) is 11.2. The SMILES string of the molecule is CC(=O)c1c(Nc2ccc(S(N)(=O)=O)cc2)oc(C)cc1=O. The Morgan fingerprint density at radius 1 is 1.23 bits per heavy atom. The highest BCUT2D eigenvalue weighted by Gasteiger charge is 2.16. The van der Waals surface area contributed by atoms with Gasteiger partial charge < -0.3 is 9.73 Å². The topological polar surface area (TPSA) is 119 Å². The lowest BCUT2D eigenvalue weighted by molar-refractivity contribution is 0.101. The van der Waals surface area contributed by atoms with E-state index in [2.05, 4.69) is 5.32 Å². The predicted molar refractivity (Wildman–Crippen MR) is 80.8 cm³/mol. The summed E-state index contributed by atoms with van der Waals surface area (Å²) in [5, 5.41) is 7.80. The van der Waals surface area contributed by atoms with Crippen LogP contribution in [0.4, 0.5) is 11.6 Å². The van der Waals surface area contributed by atoms with E-state index in [1.54, 1.807) is 6.92 Å². The molecule has 22 heavy (non-hydrogen) atoms. The molecule has 0 saturated heterocycles. The van der Waals surface area contributed by atoms with Crippen molar-refractivity contribution < 1.29 is 17.6 Å². The quantitative estimate of drug-likeness (QED) is 0.824. The molecule has 7 nitrogen and oxygen atoms in total. The molecule has 0 aliphatic heterocycles. The third-order valence-electron chi connectivity index (χ3n) is 2.86. The number of benzene rings is 1. The number of aryl methyl sites for hydroxylation is 1. The zero-order chi connectivity index (χ0) is 16.5. The fourth-order valence-corrected chi connectivity index (χ4v) is 2.41. The maximum Gasteiger partial charge on any atom is 0.238 e. The van der Waals surface area contributed by atoms with Gasteiger partial charge in [0.2, 0.25) is 15.9 Å². The Hall–Kier alpha value is -2.45. The highest BCUT2D eigenvalue weighted by Crippen LogP contribution is 2.21. The Kier molecular flexibility index (Phi) is 4.16. The molecule has 2 rings (SSSR count). The van der Waals surface area contributed by atoms with Crippen LogP contribution in [0.3, 0.4) is 0 Å². The van der Waals surface area contributed by atoms with Gasteiger partial charge in [-0.1, -0.05) is 0 Å². The van der Waals surface area contributed by atoms with E-state index in [9.17, 15) is 18.0 Å². The molecule has 2 aromatic rings. The molecular formula is C14H14N2O5S. The van der Waals surface area contributed by atoms with Gasteiger partial charge in [-0.3, -0.25) is 9.59 Å². The van der Waals surface area contributed by atoms with Crippen LogP contribution in [-0.2, 0) is 10.0 Å². The minimum Gasteiger partial charge on any atom is -0.445 e. The Morgan fingerprint density at radius 3 is 2.32 bits per heavy atom. The molecule has 116 valence electrons. The third-order valence-corrected chi connectivity index (χ3v) is 3.79. The summed E-state index contributed by atoms with van der Waals surface area (Å²) in [6.45, 7) is 2.84. The average Bonchev–Trinajstić information content (AvgIpc) is 2.36. The number of carbonyl (C=O) groups is 1. The van der Waals surface area contributed by atoms with E-state index in [0.717, 1.165) is 0 Å². The second-order valence-electron chi connectivity index (χ2n) is 4.68. The Balaban J connectivity index is 2.43. The lowest BCUT2D eigenvalue weighted by Gasteiger charge is -2.09. The standard InChI is InChI=1S/C14H14N2O5S/c1-8-7-12(18)13(9(2)17)14(21-8)16-10-3-5-11(6-4-10)22(15,19)20/h3-7,16H,1-2H3,(H2,15,19,20). The van der Waals surface area contributed by atoms with Gasteiger partial charge in [-0.05, 0) is 38.1 Å². The Morgan fingerprint density at radius 2 is 1.82 bits per heavy atom. The molecule has 1 heterocycles.